The maximum atomic E-state index is 12.3. The molecule has 0 aliphatic carbocycles. The number of unbranched alkanes of at least 4 members (excludes halogenated alkanes) is 1. The number of nitrogens with zero attached hydrogens (tertiary/aromatic N) is 3. The Morgan fingerprint density at radius 1 is 1.10 bits per heavy atom. The van der Waals surface area contributed by atoms with Gasteiger partial charge in [0.2, 0.25) is 5.91 Å². The van der Waals surface area contributed by atoms with Gasteiger partial charge in [-0.1, -0.05) is 18.2 Å². The van der Waals surface area contributed by atoms with Gasteiger partial charge in [-0.2, -0.15) is 0 Å². The van der Waals surface area contributed by atoms with E-state index in [-0.39, 0.29) is 11.8 Å². The van der Waals surface area contributed by atoms with Crippen molar-refractivity contribution < 1.29 is 9.53 Å². The molecule has 1 unspecified atom stereocenters. The van der Waals surface area contributed by atoms with Crippen LogP contribution in [0.25, 0.3) is 11.0 Å². The van der Waals surface area contributed by atoms with Gasteiger partial charge in [0.1, 0.15) is 11.6 Å². The summed E-state index contributed by atoms with van der Waals surface area (Å²) in [5, 5.41) is 0. The molecule has 0 N–H and O–H groups in total. The quantitative estimate of drug-likeness (QED) is 0.504. The first-order valence-electron chi connectivity index (χ1n) is 11.0. The standard InChI is InChI=1S/C25H31N3O2/c1-4-27-17-20(16-24(27)29)25-26-22-9-5-6-10-23(22)28(25)11-7-8-12-30-21-14-18(2)13-19(3)15-21/h5-6,9-10,13-15,20H,4,7-8,11-12,16-17H2,1-3H3. The highest BCUT2D eigenvalue weighted by Gasteiger charge is 2.32. The minimum Gasteiger partial charge on any atom is -0.494 e. The monoisotopic (exact) mass is 405 g/mol. The lowest BCUT2D eigenvalue weighted by Gasteiger charge is -2.15. The number of benzene rings is 2. The normalized spacial score (nSPS) is 16.6. The zero-order valence-electron chi connectivity index (χ0n) is 18.2. The van der Waals surface area contributed by atoms with Crippen LogP contribution in [0.4, 0.5) is 0 Å². The van der Waals surface area contributed by atoms with Crippen molar-refractivity contribution in [2.24, 2.45) is 0 Å². The Morgan fingerprint density at radius 2 is 1.87 bits per heavy atom. The van der Waals surface area contributed by atoms with Gasteiger partial charge in [0.15, 0.2) is 0 Å². The Kier molecular flexibility index (Phi) is 6.07. The van der Waals surface area contributed by atoms with Gasteiger partial charge in [-0.05, 0) is 69.0 Å². The number of likely N-dealkylation sites (tertiary alicyclic amines) is 1. The van der Waals surface area contributed by atoms with Gasteiger partial charge in [-0.3, -0.25) is 4.79 Å². The molecule has 1 atom stereocenters. The first kappa shape index (κ1) is 20.5. The van der Waals surface area contributed by atoms with E-state index in [1.54, 1.807) is 0 Å². The highest BCUT2D eigenvalue weighted by atomic mass is 16.5. The summed E-state index contributed by atoms with van der Waals surface area (Å²) in [5.74, 6) is 2.42. The van der Waals surface area contributed by atoms with Crippen molar-refractivity contribution in [3.63, 3.8) is 0 Å². The number of rotatable bonds is 8. The molecule has 2 heterocycles. The van der Waals surface area contributed by atoms with Gasteiger partial charge in [0, 0.05) is 32.0 Å². The van der Waals surface area contributed by atoms with E-state index in [1.165, 1.54) is 11.1 Å². The highest BCUT2D eigenvalue weighted by molar-refractivity contribution is 5.80. The summed E-state index contributed by atoms with van der Waals surface area (Å²) >= 11 is 0. The molecule has 158 valence electrons. The number of para-hydroxylation sites is 2. The van der Waals surface area contributed by atoms with Crippen LogP contribution in [0, 0.1) is 13.8 Å². The zero-order chi connectivity index (χ0) is 21.1. The molecule has 1 amide bonds. The minimum absolute atomic E-state index is 0.177. The molecule has 5 nitrogen and oxygen atoms in total. The van der Waals surface area contributed by atoms with Crippen LogP contribution in [0.2, 0.25) is 0 Å². The second-order valence-corrected chi connectivity index (χ2v) is 8.32. The molecule has 2 aromatic carbocycles. The predicted molar refractivity (Wildman–Crippen MR) is 120 cm³/mol. The Bertz CT molecular complexity index is 1020. The zero-order valence-corrected chi connectivity index (χ0v) is 18.2. The van der Waals surface area contributed by atoms with Gasteiger partial charge in [-0.25, -0.2) is 4.98 Å². The summed E-state index contributed by atoms with van der Waals surface area (Å²) in [6.07, 6.45) is 2.55. The average molecular weight is 406 g/mol. The van der Waals surface area contributed by atoms with Crippen LogP contribution in [-0.2, 0) is 11.3 Å². The molecule has 30 heavy (non-hydrogen) atoms. The van der Waals surface area contributed by atoms with Crippen LogP contribution in [-0.4, -0.2) is 40.1 Å². The summed E-state index contributed by atoms with van der Waals surface area (Å²) in [6.45, 7) is 9.37. The van der Waals surface area contributed by atoms with Crippen LogP contribution in [0.3, 0.4) is 0 Å². The molecule has 0 bridgehead atoms. The van der Waals surface area contributed by atoms with Gasteiger partial charge in [0.25, 0.3) is 0 Å². The molecule has 0 saturated carbocycles. The van der Waals surface area contributed by atoms with Crippen molar-refractivity contribution in [1.82, 2.24) is 14.5 Å². The fraction of sp³-hybridized carbons (Fsp3) is 0.440. The SMILES string of the molecule is CCN1CC(c2nc3ccccc3n2CCCCOc2cc(C)cc(C)c2)CC1=O. The van der Waals surface area contributed by atoms with E-state index in [2.05, 4.69) is 54.8 Å². The van der Waals surface area contributed by atoms with Crippen LogP contribution < -0.4 is 4.74 Å². The Labute approximate surface area is 178 Å². The van der Waals surface area contributed by atoms with Crippen molar-refractivity contribution in [1.29, 1.82) is 0 Å². The number of hydrogen-bond acceptors (Lipinski definition) is 3. The molecule has 0 radical (unpaired) electrons. The lowest BCUT2D eigenvalue weighted by molar-refractivity contribution is -0.127. The molecule has 0 spiro atoms. The molecule has 1 saturated heterocycles. The predicted octanol–water partition coefficient (Wildman–Crippen LogP) is 4.85. The van der Waals surface area contributed by atoms with Crippen molar-refractivity contribution in [3.8, 4) is 5.75 Å². The third kappa shape index (κ3) is 4.35. The fourth-order valence-corrected chi connectivity index (χ4v) is 4.47. The molecule has 1 aromatic heterocycles. The second-order valence-electron chi connectivity index (χ2n) is 8.32. The number of aryl methyl sites for hydroxylation is 3. The van der Waals surface area contributed by atoms with E-state index in [0.29, 0.717) is 13.0 Å². The number of imidazole rings is 1. The van der Waals surface area contributed by atoms with Gasteiger partial charge in [-0.15, -0.1) is 0 Å². The molecule has 1 aliphatic rings. The third-order valence-electron chi connectivity index (χ3n) is 5.89. The van der Waals surface area contributed by atoms with Crippen LogP contribution in [0.15, 0.2) is 42.5 Å². The van der Waals surface area contributed by atoms with E-state index < -0.39 is 0 Å². The van der Waals surface area contributed by atoms with Gasteiger partial charge >= 0.3 is 0 Å². The van der Waals surface area contributed by atoms with Crippen molar-refractivity contribution in [2.75, 3.05) is 19.7 Å². The number of hydrogen-bond donors (Lipinski definition) is 0. The summed E-state index contributed by atoms with van der Waals surface area (Å²) in [6, 6.07) is 14.6. The van der Waals surface area contributed by atoms with Gasteiger partial charge < -0.3 is 14.2 Å². The molecular weight excluding hydrogens is 374 g/mol. The minimum atomic E-state index is 0.177. The molecule has 5 heteroatoms. The van der Waals surface area contributed by atoms with Crippen LogP contribution >= 0.6 is 0 Å². The van der Waals surface area contributed by atoms with Crippen LogP contribution in [0.1, 0.15) is 49.1 Å². The summed E-state index contributed by atoms with van der Waals surface area (Å²) < 4.78 is 8.29. The average Bonchev–Trinajstić information content (AvgIpc) is 3.27. The lowest BCUT2D eigenvalue weighted by Crippen LogP contribution is -2.24. The highest BCUT2D eigenvalue weighted by Crippen LogP contribution is 2.30. The van der Waals surface area contributed by atoms with Crippen molar-refractivity contribution >= 4 is 16.9 Å². The number of carbonyl (C=O) groups excluding carboxylic acids is 1. The Hall–Kier alpha value is -2.82. The molecule has 1 aliphatic heterocycles. The first-order chi connectivity index (χ1) is 14.5. The third-order valence-corrected chi connectivity index (χ3v) is 5.89. The fourth-order valence-electron chi connectivity index (χ4n) is 4.47. The van der Waals surface area contributed by atoms with Gasteiger partial charge in [0.05, 0.1) is 17.6 Å². The summed E-state index contributed by atoms with van der Waals surface area (Å²) in [7, 11) is 0. The topological polar surface area (TPSA) is 47.4 Å². The number of likely N-dealkylation sites (N-methyl/N-ethyl adjacent to an activating group) is 1. The smallest absolute Gasteiger partial charge is 0.223 e. The number of aromatic nitrogens is 2. The lowest BCUT2D eigenvalue weighted by atomic mass is 10.1. The van der Waals surface area contributed by atoms with E-state index >= 15 is 0 Å². The van der Waals surface area contributed by atoms with E-state index in [4.69, 9.17) is 9.72 Å². The number of carbonyl (C=O) groups is 1. The molecular formula is C25H31N3O2. The van der Waals surface area contributed by atoms with Crippen molar-refractivity contribution in [3.05, 3.63) is 59.4 Å². The van der Waals surface area contributed by atoms with E-state index in [9.17, 15) is 4.79 Å². The number of amides is 1. The molecule has 3 aromatic rings. The largest absolute Gasteiger partial charge is 0.494 e. The van der Waals surface area contributed by atoms with Crippen molar-refractivity contribution in [2.45, 2.75) is 52.5 Å². The summed E-state index contributed by atoms with van der Waals surface area (Å²) in [4.78, 5) is 19.1. The van der Waals surface area contributed by atoms with E-state index in [1.807, 2.05) is 17.9 Å². The maximum Gasteiger partial charge on any atom is 0.223 e. The number of ether oxygens (including phenoxy) is 1. The summed E-state index contributed by atoms with van der Waals surface area (Å²) in [5.41, 5.74) is 4.63. The first-order valence-corrected chi connectivity index (χ1v) is 11.0. The Balaban J connectivity index is 1.42. The van der Waals surface area contributed by atoms with Crippen LogP contribution in [0.5, 0.6) is 5.75 Å². The molecule has 4 rings (SSSR count). The Morgan fingerprint density at radius 3 is 2.60 bits per heavy atom. The second kappa shape index (κ2) is 8.90. The number of fused-ring (bicyclic) bond motifs is 1. The maximum absolute atomic E-state index is 12.3. The molecule has 1 fully saturated rings. The van der Waals surface area contributed by atoms with E-state index in [0.717, 1.165) is 55.1 Å².